The highest BCUT2D eigenvalue weighted by Gasteiger charge is 2.20. The zero-order valence-electron chi connectivity index (χ0n) is 11.7. The van der Waals surface area contributed by atoms with Crippen LogP contribution in [0, 0.1) is 19.8 Å². The van der Waals surface area contributed by atoms with E-state index in [1.165, 1.54) is 6.92 Å². The van der Waals surface area contributed by atoms with E-state index in [1.807, 2.05) is 27.7 Å². The van der Waals surface area contributed by atoms with E-state index in [0.29, 0.717) is 0 Å². The molecule has 0 aromatic carbocycles. The van der Waals surface area contributed by atoms with Crippen molar-refractivity contribution in [3.8, 4) is 0 Å². The first-order chi connectivity index (χ1) is 8.32. The Bertz CT molecular complexity index is 449. The van der Waals surface area contributed by atoms with Gasteiger partial charge in [0.25, 0.3) is 0 Å². The quantitative estimate of drug-likeness (QED) is 0.856. The minimum atomic E-state index is -0.414. The Morgan fingerprint density at radius 1 is 1.39 bits per heavy atom. The lowest BCUT2D eigenvalue weighted by atomic mass is 10.0. The maximum absolute atomic E-state index is 11.9. The fourth-order valence-electron chi connectivity index (χ4n) is 1.82. The lowest BCUT2D eigenvalue weighted by Gasteiger charge is -2.19. The van der Waals surface area contributed by atoms with Crippen LogP contribution in [0.1, 0.15) is 32.2 Å². The molecular formula is C13H21N3O2. The topological polar surface area (TPSA) is 64.0 Å². The van der Waals surface area contributed by atoms with Crippen molar-refractivity contribution in [3.63, 3.8) is 0 Å². The van der Waals surface area contributed by atoms with Gasteiger partial charge in [0, 0.05) is 5.69 Å². The van der Waals surface area contributed by atoms with E-state index in [9.17, 15) is 9.59 Å². The van der Waals surface area contributed by atoms with E-state index in [1.54, 1.807) is 10.9 Å². The van der Waals surface area contributed by atoms with Crippen molar-refractivity contribution < 1.29 is 9.59 Å². The molecule has 0 bridgehead atoms. The van der Waals surface area contributed by atoms with Crippen LogP contribution in [0.5, 0.6) is 0 Å². The highest BCUT2D eigenvalue weighted by molar-refractivity contribution is 5.87. The van der Waals surface area contributed by atoms with Crippen molar-refractivity contribution in [2.75, 3.05) is 0 Å². The van der Waals surface area contributed by atoms with Gasteiger partial charge in [0.15, 0.2) is 5.78 Å². The van der Waals surface area contributed by atoms with E-state index >= 15 is 0 Å². The van der Waals surface area contributed by atoms with E-state index < -0.39 is 6.04 Å². The number of carbonyl (C=O) groups is 2. The Morgan fingerprint density at radius 2 is 2.00 bits per heavy atom. The minimum Gasteiger partial charge on any atom is -0.344 e. The SMILES string of the molecule is CC(=O)C(NC(=O)Cn1cnc(C)c1C)C(C)C. The third-order valence-electron chi connectivity index (χ3n) is 3.08. The predicted octanol–water partition coefficient (Wildman–Crippen LogP) is 1.23. The zero-order valence-corrected chi connectivity index (χ0v) is 11.7. The van der Waals surface area contributed by atoms with Crippen molar-refractivity contribution in [1.82, 2.24) is 14.9 Å². The summed E-state index contributed by atoms with van der Waals surface area (Å²) in [6.45, 7) is 9.34. The number of nitrogens with zero attached hydrogens (tertiary/aromatic N) is 2. The normalized spacial score (nSPS) is 12.6. The summed E-state index contributed by atoms with van der Waals surface area (Å²) in [5.74, 6) is -0.0849. The van der Waals surface area contributed by atoms with Gasteiger partial charge in [-0.1, -0.05) is 13.8 Å². The van der Waals surface area contributed by atoms with Gasteiger partial charge in [-0.2, -0.15) is 0 Å². The monoisotopic (exact) mass is 251 g/mol. The fraction of sp³-hybridized carbons (Fsp3) is 0.615. The summed E-state index contributed by atoms with van der Waals surface area (Å²) in [4.78, 5) is 27.4. The molecule has 1 amide bonds. The van der Waals surface area contributed by atoms with Crippen molar-refractivity contribution in [1.29, 1.82) is 0 Å². The second-order valence-corrected chi connectivity index (χ2v) is 4.94. The van der Waals surface area contributed by atoms with Crippen molar-refractivity contribution in [2.45, 2.75) is 47.2 Å². The van der Waals surface area contributed by atoms with Gasteiger partial charge in [0.2, 0.25) is 5.91 Å². The summed E-state index contributed by atoms with van der Waals surface area (Å²) in [5.41, 5.74) is 1.88. The van der Waals surface area contributed by atoms with Crippen LogP contribution >= 0.6 is 0 Å². The lowest BCUT2D eigenvalue weighted by Crippen LogP contribution is -2.44. The van der Waals surface area contributed by atoms with Gasteiger partial charge in [-0.05, 0) is 26.7 Å². The number of imidazole rings is 1. The van der Waals surface area contributed by atoms with Crippen molar-refractivity contribution in [3.05, 3.63) is 17.7 Å². The highest BCUT2D eigenvalue weighted by atomic mass is 16.2. The number of amides is 1. The van der Waals surface area contributed by atoms with Gasteiger partial charge in [-0.15, -0.1) is 0 Å². The largest absolute Gasteiger partial charge is 0.344 e. The second kappa shape index (κ2) is 5.80. The predicted molar refractivity (Wildman–Crippen MR) is 69.2 cm³/mol. The summed E-state index contributed by atoms with van der Waals surface area (Å²) in [5, 5.41) is 2.76. The summed E-state index contributed by atoms with van der Waals surface area (Å²) >= 11 is 0. The number of aryl methyl sites for hydroxylation is 1. The van der Waals surface area contributed by atoms with Crippen molar-refractivity contribution in [2.24, 2.45) is 5.92 Å². The molecule has 5 heteroatoms. The maximum atomic E-state index is 11.9. The summed E-state index contributed by atoms with van der Waals surface area (Å²) in [6.07, 6.45) is 1.64. The molecule has 0 spiro atoms. The Kier molecular flexibility index (Phi) is 4.64. The maximum Gasteiger partial charge on any atom is 0.240 e. The third-order valence-corrected chi connectivity index (χ3v) is 3.08. The lowest BCUT2D eigenvalue weighted by molar-refractivity contribution is -0.128. The van der Waals surface area contributed by atoms with E-state index in [2.05, 4.69) is 10.3 Å². The van der Waals surface area contributed by atoms with Crippen LogP contribution in [0.15, 0.2) is 6.33 Å². The summed E-state index contributed by atoms with van der Waals surface area (Å²) in [7, 11) is 0. The van der Waals surface area contributed by atoms with Crippen LogP contribution in [0.3, 0.4) is 0 Å². The Labute approximate surface area is 108 Å². The molecule has 1 aromatic rings. The molecule has 0 aliphatic heterocycles. The Hall–Kier alpha value is -1.65. The van der Waals surface area contributed by atoms with E-state index in [-0.39, 0.29) is 24.2 Å². The van der Waals surface area contributed by atoms with Crippen LogP contribution in [0.2, 0.25) is 0 Å². The van der Waals surface area contributed by atoms with E-state index in [4.69, 9.17) is 0 Å². The molecule has 1 aromatic heterocycles. The minimum absolute atomic E-state index is 0.0168. The van der Waals surface area contributed by atoms with Crippen LogP contribution < -0.4 is 5.32 Å². The zero-order chi connectivity index (χ0) is 13.9. The molecule has 18 heavy (non-hydrogen) atoms. The number of nitrogens with one attached hydrogen (secondary N) is 1. The Balaban J connectivity index is 2.66. The van der Waals surface area contributed by atoms with Gasteiger partial charge in [0.05, 0.1) is 18.1 Å². The van der Waals surface area contributed by atoms with Gasteiger partial charge < -0.3 is 9.88 Å². The number of hydrogen-bond donors (Lipinski definition) is 1. The number of Topliss-reactive ketones (excluding diaryl/α,β-unsaturated/α-hetero) is 1. The molecule has 1 N–H and O–H groups in total. The molecule has 1 unspecified atom stereocenters. The smallest absolute Gasteiger partial charge is 0.240 e. The summed E-state index contributed by atoms with van der Waals surface area (Å²) in [6, 6.07) is -0.414. The molecule has 1 heterocycles. The van der Waals surface area contributed by atoms with Crippen LogP contribution in [-0.2, 0) is 16.1 Å². The molecule has 1 rings (SSSR count). The number of carbonyl (C=O) groups excluding carboxylic acids is 2. The molecule has 5 nitrogen and oxygen atoms in total. The van der Waals surface area contributed by atoms with Gasteiger partial charge in [0.1, 0.15) is 6.54 Å². The third kappa shape index (κ3) is 3.42. The standard InChI is InChI=1S/C13H21N3O2/c1-8(2)13(11(5)17)15-12(18)6-16-7-14-9(3)10(16)4/h7-8,13H,6H2,1-5H3,(H,15,18). The molecule has 0 radical (unpaired) electrons. The molecule has 0 saturated heterocycles. The molecule has 100 valence electrons. The summed E-state index contributed by atoms with van der Waals surface area (Å²) < 4.78 is 1.78. The van der Waals surface area contributed by atoms with Gasteiger partial charge >= 0.3 is 0 Å². The number of aromatic nitrogens is 2. The first-order valence-electron chi connectivity index (χ1n) is 6.11. The first kappa shape index (κ1) is 14.4. The van der Waals surface area contributed by atoms with Crippen molar-refractivity contribution >= 4 is 11.7 Å². The molecule has 0 aliphatic carbocycles. The van der Waals surface area contributed by atoms with E-state index in [0.717, 1.165) is 11.4 Å². The highest BCUT2D eigenvalue weighted by Crippen LogP contribution is 2.05. The molecule has 0 saturated carbocycles. The van der Waals surface area contributed by atoms with Gasteiger partial charge in [-0.3, -0.25) is 9.59 Å². The first-order valence-corrected chi connectivity index (χ1v) is 6.11. The van der Waals surface area contributed by atoms with Crippen LogP contribution in [0.4, 0.5) is 0 Å². The number of hydrogen-bond acceptors (Lipinski definition) is 3. The number of ketones is 1. The number of rotatable bonds is 5. The molecule has 0 aliphatic rings. The molecule has 0 fully saturated rings. The average Bonchev–Trinajstić information content (AvgIpc) is 2.57. The van der Waals surface area contributed by atoms with Crippen LogP contribution in [0.25, 0.3) is 0 Å². The average molecular weight is 251 g/mol. The molecule has 1 atom stereocenters. The molecular weight excluding hydrogens is 230 g/mol. The second-order valence-electron chi connectivity index (χ2n) is 4.94. The fourth-order valence-corrected chi connectivity index (χ4v) is 1.82. The van der Waals surface area contributed by atoms with Crippen LogP contribution in [-0.4, -0.2) is 27.3 Å². The Morgan fingerprint density at radius 3 is 2.39 bits per heavy atom. The van der Waals surface area contributed by atoms with Gasteiger partial charge in [-0.25, -0.2) is 4.98 Å².